The third kappa shape index (κ3) is 5.00. The number of Topliss-reactive ketones (excluding diaryl/α,β-unsaturated/α-hetero) is 1. The molecule has 1 aromatic carbocycles. The molecule has 3 N–H and O–H groups in total. The Balaban J connectivity index is 1.38. The number of nitrogens with zero attached hydrogens (tertiary/aromatic N) is 4. The van der Waals surface area contributed by atoms with Gasteiger partial charge in [0.05, 0.1) is 5.39 Å². The third-order valence-electron chi connectivity index (χ3n) is 7.15. The van der Waals surface area contributed by atoms with Gasteiger partial charge in [-0.1, -0.05) is 38.1 Å². The number of hydrogen-bond acceptors (Lipinski definition) is 7. The molecule has 1 aliphatic rings. The molecule has 0 radical (unpaired) electrons. The summed E-state index contributed by atoms with van der Waals surface area (Å²) in [5.41, 5.74) is 8.99. The van der Waals surface area contributed by atoms with Gasteiger partial charge < -0.3 is 15.2 Å². The summed E-state index contributed by atoms with van der Waals surface area (Å²) in [6.45, 7) is 8.85. The summed E-state index contributed by atoms with van der Waals surface area (Å²) < 4.78 is 20.5. The van der Waals surface area contributed by atoms with Gasteiger partial charge in [0.1, 0.15) is 17.3 Å². The summed E-state index contributed by atoms with van der Waals surface area (Å²) in [7, 11) is 0. The fourth-order valence-electron chi connectivity index (χ4n) is 4.87. The molecule has 0 saturated carbocycles. The first-order valence-corrected chi connectivity index (χ1v) is 12.8. The van der Waals surface area contributed by atoms with Crippen molar-refractivity contribution in [2.45, 2.75) is 70.9 Å². The molecule has 4 heterocycles. The van der Waals surface area contributed by atoms with E-state index in [4.69, 9.17) is 10.3 Å². The SMILES string of the molecule is C[C@H]1CC[C@@H](N)CN1c1n[nH]c2nccc(-c3ccc(CCC(=O)c4cc(C(C)(C)C)on4)c(F)c3)c12. The number of fused-ring (bicyclic) bond motifs is 1. The van der Waals surface area contributed by atoms with E-state index in [0.29, 0.717) is 29.6 Å². The summed E-state index contributed by atoms with van der Waals surface area (Å²) in [6, 6.07) is 9.07. The van der Waals surface area contributed by atoms with Crippen molar-refractivity contribution in [2.24, 2.45) is 5.73 Å². The van der Waals surface area contributed by atoms with Gasteiger partial charge in [-0.3, -0.25) is 9.89 Å². The van der Waals surface area contributed by atoms with Crippen molar-refractivity contribution in [3.63, 3.8) is 0 Å². The standard InChI is InChI=1S/C28H33FN6O2/c1-16-5-9-19(30)15-35(16)27-25-20(11-12-31-26(25)32-33-27)18-7-6-17(21(29)13-18)8-10-23(36)22-14-24(37-34-22)28(2,3)4/h6-7,11-14,16,19H,5,8-10,15,30H2,1-4H3,(H,31,32,33)/t16-,19+/m0/s1. The number of carbonyl (C=O) groups excluding carboxylic acids is 1. The number of hydrogen-bond donors (Lipinski definition) is 2. The van der Waals surface area contributed by atoms with Crippen molar-refractivity contribution < 1.29 is 13.7 Å². The van der Waals surface area contributed by atoms with E-state index in [2.05, 4.69) is 32.2 Å². The van der Waals surface area contributed by atoms with Gasteiger partial charge >= 0.3 is 0 Å². The van der Waals surface area contributed by atoms with Crippen molar-refractivity contribution in [1.29, 1.82) is 0 Å². The lowest BCUT2D eigenvalue weighted by Crippen LogP contribution is -2.47. The highest BCUT2D eigenvalue weighted by Gasteiger charge is 2.28. The van der Waals surface area contributed by atoms with Gasteiger partial charge in [0.15, 0.2) is 17.2 Å². The molecule has 8 nitrogen and oxygen atoms in total. The number of pyridine rings is 1. The van der Waals surface area contributed by atoms with Crippen LogP contribution in [0, 0.1) is 5.82 Å². The lowest BCUT2D eigenvalue weighted by Gasteiger charge is -2.37. The highest BCUT2D eigenvalue weighted by Crippen LogP contribution is 2.36. The van der Waals surface area contributed by atoms with E-state index in [0.717, 1.165) is 35.2 Å². The number of aryl methyl sites for hydroxylation is 1. The van der Waals surface area contributed by atoms with Crippen LogP contribution >= 0.6 is 0 Å². The summed E-state index contributed by atoms with van der Waals surface area (Å²) in [5, 5.41) is 12.4. The molecule has 1 saturated heterocycles. The van der Waals surface area contributed by atoms with Gasteiger partial charge in [0.2, 0.25) is 0 Å². The number of rotatable bonds is 6. The molecule has 3 aromatic heterocycles. The van der Waals surface area contributed by atoms with Crippen molar-refractivity contribution >= 4 is 22.6 Å². The van der Waals surface area contributed by atoms with Gasteiger partial charge in [0.25, 0.3) is 0 Å². The smallest absolute Gasteiger partial charge is 0.185 e. The first-order valence-electron chi connectivity index (χ1n) is 12.8. The fourth-order valence-corrected chi connectivity index (χ4v) is 4.87. The Morgan fingerprint density at radius 3 is 2.78 bits per heavy atom. The van der Waals surface area contributed by atoms with Crippen LogP contribution in [0.15, 0.2) is 41.1 Å². The third-order valence-corrected chi connectivity index (χ3v) is 7.15. The van der Waals surface area contributed by atoms with Crippen molar-refractivity contribution in [2.75, 3.05) is 11.4 Å². The maximum absolute atomic E-state index is 15.2. The quantitative estimate of drug-likeness (QED) is 0.348. The molecule has 194 valence electrons. The molecule has 9 heteroatoms. The van der Waals surface area contributed by atoms with Gasteiger partial charge in [-0.15, -0.1) is 0 Å². The second kappa shape index (κ2) is 9.70. The number of nitrogens with one attached hydrogen (secondary N) is 1. The van der Waals surface area contributed by atoms with Gasteiger partial charge in [0, 0.05) is 42.7 Å². The number of H-pyrrole nitrogens is 1. The summed E-state index contributed by atoms with van der Waals surface area (Å²) >= 11 is 0. The van der Waals surface area contributed by atoms with E-state index in [1.165, 1.54) is 6.07 Å². The molecular formula is C28H33FN6O2. The van der Waals surface area contributed by atoms with E-state index in [1.54, 1.807) is 18.3 Å². The monoisotopic (exact) mass is 504 g/mol. The van der Waals surface area contributed by atoms with E-state index in [9.17, 15) is 4.79 Å². The Bertz CT molecular complexity index is 1440. The largest absolute Gasteiger partial charge is 0.360 e. The van der Waals surface area contributed by atoms with Crippen LogP contribution in [0.4, 0.5) is 10.2 Å². The predicted molar refractivity (Wildman–Crippen MR) is 141 cm³/mol. The number of benzene rings is 1. The molecule has 0 unspecified atom stereocenters. The number of ketones is 1. The summed E-state index contributed by atoms with van der Waals surface area (Å²) in [4.78, 5) is 19.3. The van der Waals surface area contributed by atoms with E-state index < -0.39 is 0 Å². The molecule has 0 bridgehead atoms. The van der Waals surface area contributed by atoms with E-state index >= 15 is 4.39 Å². The van der Waals surface area contributed by atoms with Crippen LogP contribution in [0.25, 0.3) is 22.2 Å². The number of piperidine rings is 1. The normalized spacial score (nSPS) is 18.5. The maximum atomic E-state index is 15.2. The minimum atomic E-state index is -0.357. The number of aromatic nitrogens is 4. The van der Waals surface area contributed by atoms with Crippen LogP contribution in [0.5, 0.6) is 0 Å². The molecule has 5 rings (SSSR count). The number of carbonyl (C=O) groups is 1. The molecular weight excluding hydrogens is 471 g/mol. The Kier molecular flexibility index (Phi) is 6.58. The molecule has 37 heavy (non-hydrogen) atoms. The number of halogens is 1. The Labute approximate surface area is 215 Å². The van der Waals surface area contributed by atoms with Crippen molar-refractivity contribution in [1.82, 2.24) is 20.3 Å². The molecule has 1 aliphatic heterocycles. The van der Waals surface area contributed by atoms with Crippen LogP contribution < -0.4 is 10.6 Å². The molecule has 0 aliphatic carbocycles. The van der Waals surface area contributed by atoms with E-state index in [1.807, 2.05) is 32.9 Å². The number of anilines is 1. The van der Waals surface area contributed by atoms with Crippen molar-refractivity contribution in [3.8, 4) is 11.1 Å². The lowest BCUT2D eigenvalue weighted by atomic mass is 9.93. The predicted octanol–water partition coefficient (Wildman–Crippen LogP) is 5.18. The number of aromatic amines is 1. The first kappa shape index (κ1) is 25.1. The zero-order valence-electron chi connectivity index (χ0n) is 21.7. The zero-order chi connectivity index (χ0) is 26.3. The second-order valence-corrected chi connectivity index (χ2v) is 11.0. The molecule has 0 amide bonds. The number of nitrogens with two attached hydrogens (primary N) is 1. The minimum Gasteiger partial charge on any atom is -0.360 e. The van der Waals surface area contributed by atoms with Crippen LogP contribution in [-0.4, -0.2) is 44.7 Å². The van der Waals surface area contributed by atoms with Crippen LogP contribution in [0.2, 0.25) is 0 Å². The molecule has 1 fully saturated rings. The Hall–Kier alpha value is -3.59. The highest BCUT2D eigenvalue weighted by molar-refractivity contribution is 6.01. The van der Waals surface area contributed by atoms with Gasteiger partial charge in [-0.2, -0.15) is 5.10 Å². The van der Waals surface area contributed by atoms with Gasteiger partial charge in [-0.05, 0) is 55.0 Å². The van der Waals surface area contributed by atoms with Crippen LogP contribution in [0.1, 0.15) is 68.8 Å². The summed E-state index contributed by atoms with van der Waals surface area (Å²) in [5.74, 6) is 0.910. The molecule has 4 aromatic rings. The first-order chi connectivity index (χ1) is 17.6. The topological polar surface area (TPSA) is 114 Å². The minimum absolute atomic E-state index is 0.0832. The zero-order valence-corrected chi connectivity index (χ0v) is 21.7. The summed E-state index contributed by atoms with van der Waals surface area (Å²) in [6.07, 6.45) is 4.08. The Morgan fingerprint density at radius 1 is 1.24 bits per heavy atom. The van der Waals surface area contributed by atoms with Crippen LogP contribution in [-0.2, 0) is 11.8 Å². The highest BCUT2D eigenvalue weighted by atomic mass is 19.1. The maximum Gasteiger partial charge on any atom is 0.185 e. The second-order valence-electron chi connectivity index (χ2n) is 11.0. The average Bonchev–Trinajstić information content (AvgIpc) is 3.52. The van der Waals surface area contributed by atoms with Crippen molar-refractivity contribution in [3.05, 3.63) is 59.4 Å². The molecule has 2 atom stereocenters. The lowest BCUT2D eigenvalue weighted by molar-refractivity contribution is 0.0973. The van der Waals surface area contributed by atoms with E-state index in [-0.39, 0.29) is 41.6 Å². The van der Waals surface area contributed by atoms with Gasteiger partial charge in [-0.25, -0.2) is 9.37 Å². The fraction of sp³-hybridized carbons (Fsp3) is 0.429. The van der Waals surface area contributed by atoms with Crippen LogP contribution in [0.3, 0.4) is 0 Å². The molecule has 0 spiro atoms. The Morgan fingerprint density at radius 2 is 2.05 bits per heavy atom. The average molecular weight is 505 g/mol.